The molecule has 0 amide bonds. The molecule has 0 unspecified atom stereocenters. The number of nitrogens with zero attached hydrogens (tertiary/aromatic N) is 4. The molecule has 5 nitrogen and oxygen atoms in total. The Morgan fingerprint density at radius 3 is 2.87 bits per heavy atom. The van der Waals surface area contributed by atoms with Crippen molar-refractivity contribution in [1.29, 1.82) is 0 Å². The molecule has 0 atom stereocenters. The summed E-state index contributed by atoms with van der Waals surface area (Å²) in [6.45, 7) is 1.59. The molecule has 2 aromatic heterocycles. The number of aryl methyl sites for hydroxylation is 1. The number of aromatic nitrogens is 4. The van der Waals surface area contributed by atoms with Crippen LogP contribution in [0, 0.1) is 12.7 Å². The fourth-order valence-electron chi connectivity index (χ4n) is 1.13. The van der Waals surface area contributed by atoms with Crippen molar-refractivity contribution < 1.29 is 9.13 Å². The average molecular weight is 208 g/mol. The van der Waals surface area contributed by atoms with Crippen molar-refractivity contribution in [3.05, 3.63) is 30.0 Å². The van der Waals surface area contributed by atoms with E-state index in [1.807, 2.05) is 0 Å². The van der Waals surface area contributed by atoms with Crippen LogP contribution in [0.25, 0.3) is 5.69 Å². The molecule has 0 saturated carbocycles. The minimum Gasteiger partial charge on any atom is -0.480 e. The summed E-state index contributed by atoms with van der Waals surface area (Å²) >= 11 is 0. The maximum absolute atomic E-state index is 13.1. The van der Waals surface area contributed by atoms with Crippen molar-refractivity contribution in [2.45, 2.75) is 6.92 Å². The van der Waals surface area contributed by atoms with Crippen LogP contribution < -0.4 is 4.74 Å². The van der Waals surface area contributed by atoms with Gasteiger partial charge in [0, 0.05) is 6.07 Å². The number of hydrogen-bond acceptors (Lipinski definition) is 4. The lowest BCUT2D eigenvalue weighted by molar-refractivity contribution is 0.391. The van der Waals surface area contributed by atoms with Crippen molar-refractivity contribution in [2.75, 3.05) is 7.11 Å². The summed E-state index contributed by atoms with van der Waals surface area (Å²) in [5, 5.41) is 11.4. The molecule has 0 aliphatic heterocycles. The number of rotatable bonds is 2. The van der Waals surface area contributed by atoms with E-state index in [1.165, 1.54) is 24.2 Å². The normalized spacial score (nSPS) is 10.3. The summed E-state index contributed by atoms with van der Waals surface area (Å²) in [5.41, 5.74) is 0.944. The molecule has 15 heavy (non-hydrogen) atoms. The molecule has 0 aromatic carbocycles. The first kappa shape index (κ1) is 9.57. The van der Waals surface area contributed by atoms with E-state index in [2.05, 4.69) is 15.3 Å². The molecule has 78 valence electrons. The third-order valence-corrected chi connectivity index (χ3v) is 1.93. The quantitative estimate of drug-likeness (QED) is 0.742. The summed E-state index contributed by atoms with van der Waals surface area (Å²) in [6, 6.07) is 1.62. The van der Waals surface area contributed by atoms with Gasteiger partial charge in [0.15, 0.2) is 5.82 Å². The first-order valence-electron chi connectivity index (χ1n) is 4.29. The maximum Gasteiger partial charge on any atom is 0.235 e. The lowest BCUT2D eigenvalue weighted by Gasteiger charge is -2.01. The fraction of sp³-hybridized carbons (Fsp3) is 0.222. The van der Waals surface area contributed by atoms with Gasteiger partial charge >= 0.3 is 0 Å². The highest BCUT2D eigenvalue weighted by atomic mass is 19.1. The lowest BCUT2D eigenvalue weighted by Crippen LogP contribution is -1.98. The second kappa shape index (κ2) is 3.64. The van der Waals surface area contributed by atoms with E-state index in [4.69, 9.17) is 4.74 Å². The van der Waals surface area contributed by atoms with Crippen molar-refractivity contribution >= 4 is 0 Å². The number of halogens is 1. The van der Waals surface area contributed by atoms with Gasteiger partial charge < -0.3 is 4.74 Å². The average Bonchev–Trinajstić information content (AvgIpc) is 2.59. The Kier molecular flexibility index (Phi) is 2.32. The van der Waals surface area contributed by atoms with Gasteiger partial charge in [-0.3, -0.25) is 0 Å². The van der Waals surface area contributed by atoms with Crippen LogP contribution in [0.2, 0.25) is 0 Å². The minimum absolute atomic E-state index is 0.339. The van der Waals surface area contributed by atoms with Crippen LogP contribution in [0.4, 0.5) is 4.39 Å². The molecule has 0 bridgehead atoms. The molecule has 6 heteroatoms. The van der Waals surface area contributed by atoms with E-state index in [1.54, 1.807) is 13.0 Å². The van der Waals surface area contributed by atoms with Crippen molar-refractivity contribution in [2.24, 2.45) is 0 Å². The summed E-state index contributed by atoms with van der Waals surface area (Å²) in [6.07, 6.45) is 2.76. The van der Waals surface area contributed by atoms with Gasteiger partial charge in [0.2, 0.25) is 5.88 Å². The Balaban J connectivity index is 2.44. The molecule has 0 radical (unpaired) electrons. The highest BCUT2D eigenvalue weighted by molar-refractivity contribution is 5.31. The Bertz CT molecular complexity index is 463. The predicted octanol–water partition coefficient (Wildman–Crippen LogP) is 1.12. The summed E-state index contributed by atoms with van der Waals surface area (Å²) < 4.78 is 19.4. The molecule has 0 N–H and O–H groups in total. The van der Waals surface area contributed by atoms with Crippen LogP contribution in [0.3, 0.4) is 0 Å². The molecule has 2 aromatic rings. The molecule has 0 spiro atoms. The first-order chi connectivity index (χ1) is 7.20. The largest absolute Gasteiger partial charge is 0.480 e. The molecule has 0 aliphatic carbocycles. The molecule has 2 heterocycles. The summed E-state index contributed by atoms with van der Waals surface area (Å²) in [4.78, 5) is 0. The first-order valence-corrected chi connectivity index (χ1v) is 4.29. The Morgan fingerprint density at radius 2 is 2.27 bits per heavy atom. The van der Waals surface area contributed by atoms with E-state index < -0.39 is 0 Å². The van der Waals surface area contributed by atoms with Gasteiger partial charge in [0.25, 0.3) is 0 Å². The van der Waals surface area contributed by atoms with E-state index in [0.717, 1.165) is 0 Å². The van der Waals surface area contributed by atoms with Crippen molar-refractivity contribution in [3.63, 3.8) is 0 Å². The lowest BCUT2D eigenvalue weighted by atomic mass is 10.4. The van der Waals surface area contributed by atoms with Gasteiger partial charge in [-0.15, -0.1) is 5.10 Å². The second-order valence-corrected chi connectivity index (χ2v) is 2.96. The van der Waals surface area contributed by atoms with Crippen LogP contribution in [0.5, 0.6) is 5.88 Å². The predicted molar refractivity (Wildman–Crippen MR) is 50.4 cm³/mol. The smallest absolute Gasteiger partial charge is 0.235 e. The zero-order chi connectivity index (χ0) is 10.8. The molecule has 0 saturated heterocycles. The SMILES string of the molecule is COc1cc(-n2cc(F)c(C)n2)cnn1. The highest BCUT2D eigenvalue weighted by Crippen LogP contribution is 2.12. The molecular weight excluding hydrogens is 199 g/mol. The monoisotopic (exact) mass is 208 g/mol. The van der Waals surface area contributed by atoms with Gasteiger partial charge in [-0.1, -0.05) is 0 Å². The van der Waals surface area contributed by atoms with Gasteiger partial charge in [-0.25, -0.2) is 9.07 Å². The highest BCUT2D eigenvalue weighted by Gasteiger charge is 2.06. The van der Waals surface area contributed by atoms with E-state index in [0.29, 0.717) is 17.3 Å². The van der Waals surface area contributed by atoms with E-state index in [-0.39, 0.29) is 5.82 Å². The zero-order valence-electron chi connectivity index (χ0n) is 8.31. The Labute approximate surface area is 85.5 Å². The van der Waals surface area contributed by atoms with Gasteiger partial charge in [-0.05, 0) is 6.92 Å². The molecular formula is C9H9FN4O. The van der Waals surface area contributed by atoms with Crippen LogP contribution in [0.15, 0.2) is 18.5 Å². The number of hydrogen-bond donors (Lipinski definition) is 0. The van der Waals surface area contributed by atoms with Gasteiger partial charge in [0.1, 0.15) is 0 Å². The van der Waals surface area contributed by atoms with Crippen LogP contribution in [-0.2, 0) is 0 Å². The maximum atomic E-state index is 13.1. The number of methoxy groups -OCH3 is 1. The second-order valence-electron chi connectivity index (χ2n) is 2.96. The topological polar surface area (TPSA) is 52.8 Å². The van der Waals surface area contributed by atoms with Crippen LogP contribution >= 0.6 is 0 Å². The molecule has 0 aliphatic rings. The molecule has 0 fully saturated rings. The Morgan fingerprint density at radius 1 is 1.47 bits per heavy atom. The van der Waals surface area contributed by atoms with Crippen LogP contribution in [-0.4, -0.2) is 27.1 Å². The zero-order valence-corrected chi connectivity index (χ0v) is 8.31. The van der Waals surface area contributed by atoms with Crippen LogP contribution in [0.1, 0.15) is 5.69 Å². The standard InChI is InChI=1S/C9H9FN4O/c1-6-8(10)5-14(13-6)7-3-9(15-2)12-11-4-7/h3-5H,1-2H3. The summed E-state index contributed by atoms with van der Waals surface area (Å²) in [7, 11) is 1.49. The Hall–Kier alpha value is -1.98. The van der Waals surface area contributed by atoms with E-state index in [9.17, 15) is 4.39 Å². The van der Waals surface area contributed by atoms with Gasteiger partial charge in [0.05, 0.1) is 30.9 Å². The summed E-state index contributed by atoms with van der Waals surface area (Å²) in [5.74, 6) is 0.00633. The minimum atomic E-state index is -0.356. The third-order valence-electron chi connectivity index (χ3n) is 1.93. The third kappa shape index (κ3) is 1.78. The number of ether oxygens (including phenoxy) is 1. The fourth-order valence-corrected chi connectivity index (χ4v) is 1.13. The van der Waals surface area contributed by atoms with Gasteiger partial charge in [-0.2, -0.15) is 10.2 Å². The van der Waals surface area contributed by atoms with Crippen molar-refractivity contribution in [3.8, 4) is 11.6 Å². The van der Waals surface area contributed by atoms with Crippen molar-refractivity contribution in [1.82, 2.24) is 20.0 Å². The molecule has 2 rings (SSSR count). The van der Waals surface area contributed by atoms with E-state index >= 15 is 0 Å².